The quantitative estimate of drug-likeness (QED) is 0.367. The predicted molar refractivity (Wildman–Crippen MR) is 119 cm³/mol. The molecule has 1 heterocycles. The summed E-state index contributed by atoms with van der Waals surface area (Å²) >= 11 is 0. The Morgan fingerprint density at radius 2 is 1.41 bits per heavy atom. The summed E-state index contributed by atoms with van der Waals surface area (Å²) in [7, 11) is -2.38. The maximum atomic E-state index is 6.82. The first-order valence-electron chi connectivity index (χ1n) is 9.90. The van der Waals surface area contributed by atoms with Crippen LogP contribution in [-0.4, -0.2) is 48.3 Å². The molecule has 1 aliphatic rings. The van der Waals surface area contributed by atoms with E-state index in [0.29, 0.717) is 0 Å². The molecule has 4 atom stereocenters. The summed E-state index contributed by atoms with van der Waals surface area (Å²) in [6, 6.07) is 0. The first-order chi connectivity index (χ1) is 12.1. The van der Waals surface area contributed by atoms with Gasteiger partial charge in [-0.25, -0.2) is 0 Å². The van der Waals surface area contributed by atoms with Crippen LogP contribution in [-0.2, 0) is 18.3 Å². The van der Waals surface area contributed by atoms with Crippen LogP contribution >= 0.6 is 0 Å². The third-order valence-corrected chi connectivity index (χ3v) is 15.3. The van der Waals surface area contributed by atoms with Gasteiger partial charge in [-0.1, -0.05) is 53.7 Å². The van der Waals surface area contributed by atoms with Crippen LogP contribution in [0.5, 0.6) is 0 Å². The molecule has 1 unspecified atom stereocenters. The monoisotopic (exact) mass is 414 g/mol. The third kappa shape index (κ3) is 6.11. The van der Waals surface area contributed by atoms with E-state index < -0.39 is 16.6 Å². The van der Waals surface area contributed by atoms with Gasteiger partial charge in [0.1, 0.15) is 12.2 Å². The average Bonchev–Trinajstić information content (AvgIpc) is 2.97. The Balaban J connectivity index is 3.19. The summed E-state index contributed by atoms with van der Waals surface area (Å²) in [5.74, 6) is 0. The van der Waals surface area contributed by atoms with Gasteiger partial charge in [-0.05, 0) is 42.3 Å². The second-order valence-electron chi connectivity index (χ2n) is 10.5. The molecule has 0 aromatic heterocycles. The van der Waals surface area contributed by atoms with Crippen molar-refractivity contribution in [1.82, 2.24) is 0 Å². The Morgan fingerprint density at radius 3 is 1.78 bits per heavy atom. The highest BCUT2D eigenvalue weighted by atomic mass is 28.4. The van der Waals surface area contributed by atoms with Crippen LogP contribution in [0.15, 0.2) is 24.8 Å². The van der Waals surface area contributed by atoms with Gasteiger partial charge in [-0.15, -0.1) is 6.58 Å². The van der Waals surface area contributed by atoms with Crippen LogP contribution in [0.25, 0.3) is 0 Å². The molecule has 0 saturated carbocycles. The van der Waals surface area contributed by atoms with E-state index in [0.717, 1.165) is 0 Å². The Hall–Kier alpha value is -0.246. The van der Waals surface area contributed by atoms with Crippen molar-refractivity contribution in [1.29, 1.82) is 0 Å². The minimum absolute atomic E-state index is 0.0942. The fraction of sp³-hybridized carbons (Fsp3) is 0.810. The van der Waals surface area contributed by atoms with E-state index in [2.05, 4.69) is 74.3 Å². The zero-order valence-corrected chi connectivity index (χ0v) is 21.4. The average molecular weight is 415 g/mol. The molecule has 0 N–H and O–H groups in total. The highest BCUT2D eigenvalue weighted by molar-refractivity contribution is 6.74. The van der Waals surface area contributed by atoms with Gasteiger partial charge in [0, 0.05) is 7.11 Å². The molecule has 4 nitrogen and oxygen atoms in total. The molecule has 158 valence electrons. The van der Waals surface area contributed by atoms with Crippen molar-refractivity contribution in [3.63, 3.8) is 0 Å². The fourth-order valence-electron chi connectivity index (χ4n) is 2.37. The maximum absolute atomic E-state index is 6.82. The second-order valence-corrected chi connectivity index (χ2v) is 20.0. The number of ether oxygens (including phenoxy) is 2. The Kier molecular flexibility index (Phi) is 7.93. The van der Waals surface area contributed by atoms with E-state index in [9.17, 15) is 0 Å². The van der Waals surface area contributed by atoms with Gasteiger partial charge in [-0.3, -0.25) is 0 Å². The van der Waals surface area contributed by atoms with E-state index in [4.69, 9.17) is 18.3 Å². The molecular formula is C21H42O4Si2. The Morgan fingerprint density at radius 1 is 0.926 bits per heavy atom. The highest BCUT2D eigenvalue weighted by Crippen LogP contribution is 2.41. The first kappa shape index (κ1) is 24.8. The summed E-state index contributed by atoms with van der Waals surface area (Å²) in [4.78, 5) is 0. The molecule has 1 rings (SSSR count). The minimum Gasteiger partial charge on any atom is -0.408 e. The van der Waals surface area contributed by atoms with Crippen molar-refractivity contribution in [3.8, 4) is 0 Å². The topological polar surface area (TPSA) is 36.9 Å². The lowest BCUT2D eigenvalue weighted by Gasteiger charge is -2.45. The molecule has 0 radical (unpaired) electrons. The van der Waals surface area contributed by atoms with Crippen LogP contribution in [0.4, 0.5) is 0 Å². The van der Waals surface area contributed by atoms with Crippen LogP contribution in [0.2, 0.25) is 36.3 Å². The fourth-order valence-corrected chi connectivity index (χ4v) is 4.94. The first-order valence-corrected chi connectivity index (χ1v) is 15.7. The van der Waals surface area contributed by atoms with Crippen molar-refractivity contribution in [3.05, 3.63) is 24.8 Å². The predicted octanol–water partition coefficient (Wildman–Crippen LogP) is 5.88. The molecule has 0 spiro atoms. The van der Waals surface area contributed by atoms with Crippen LogP contribution in [0, 0.1) is 0 Å². The second kappa shape index (κ2) is 8.63. The SMILES string of the molecule is C=C[C@@H](O[Si](C)(C)C(C)(C)C)[C@@H](O[Si](C)(C)C(C)(C)C)[C@H]1C=CC(OC)O1. The van der Waals surface area contributed by atoms with Gasteiger partial charge in [0.15, 0.2) is 22.9 Å². The molecular weight excluding hydrogens is 372 g/mol. The number of rotatable bonds is 8. The largest absolute Gasteiger partial charge is 0.408 e. The van der Waals surface area contributed by atoms with E-state index in [1.807, 2.05) is 18.2 Å². The van der Waals surface area contributed by atoms with E-state index in [1.54, 1.807) is 7.11 Å². The van der Waals surface area contributed by atoms with Crippen molar-refractivity contribution >= 4 is 16.6 Å². The summed E-state index contributed by atoms with van der Waals surface area (Å²) in [5.41, 5.74) is 0. The maximum Gasteiger partial charge on any atom is 0.193 e. The normalized spacial score (nSPS) is 24.1. The minimum atomic E-state index is -2.04. The summed E-state index contributed by atoms with van der Waals surface area (Å²) in [5, 5.41) is 0.203. The third-order valence-electron chi connectivity index (χ3n) is 6.34. The van der Waals surface area contributed by atoms with E-state index in [-0.39, 0.29) is 34.7 Å². The Bertz CT molecular complexity index is 529. The summed E-state index contributed by atoms with van der Waals surface area (Å²) < 4.78 is 25.0. The molecule has 0 aliphatic carbocycles. The lowest BCUT2D eigenvalue weighted by molar-refractivity contribution is -0.133. The summed E-state index contributed by atoms with van der Waals surface area (Å²) in [6.07, 6.45) is 4.85. The number of methoxy groups -OCH3 is 1. The number of hydrogen-bond donors (Lipinski definition) is 0. The molecule has 0 aromatic rings. The van der Waals surface area contributed by atoms with Crippen molar-refractivity contribution in [2.45, 2.75) is 102 Å². The molecule has 6 heteroatoms. The van der Waals surface area contributed by atoms with Crippen LogP contribution in [0.1, 0.15) is 41.5 Å². The number of hydrogen-bond acceptors (Lipinski definition) is 4. The highest BCUT2D eigenvalue weighted by Gasteiger charge is 2.46. The van der Waals surface area contributed by atoms with Gasteiger partial charge in [-0.2, -0.15) is 0 Å². The lowest BCUT2D eigenvalue weighted by Crippen LogP contribution is -2.54. The van der Waals surface area contributed by atoms with Crippen LogP contribution < -0.4 is 0 Å². The molecule has 0 fully saturated rings. The van der Waals surface area contributed by atoms with Gasteiger partial charge in [0.2, 0.25) is 0 Å². The van der Waals surface area contributed by atoms with Crippen molar-refractivity contribution in [2.24, 2.45) is 0 Å². The van der Waals surface area contributed by atoms with Gasteiger partial charge in [0.05, 0.1) is 6.10 Å². The molecule has 0 saturated heterocycles. The zero-order chi connectivity index (χ0) is 21.3. The van der Waals surface area contributed by atoms with Gasteiger partial charge in [0.25, 0.3) is 0 Å². The van der Waals surface area contributed by atoms with Gasteiger partial charge >= 0.3 is 0 Å². The van der Waals surface area contributed by atoms with E-state index >= 15 is 0 Å². The molecule has 0 amide bonds. The Labute approximate surface area is 169 Å². The molecule has 1 aliphatic heterocycles. The lowest BCUT2D eigenvalue weighted by atomic mass is 10.1. The van der Waals surface area contributed by atoms with Crippen molar-refractivity contribution in [2.75, 3.05) is 7.11 Å². The molecule has 27 heavy (non-hydrogen) atoms. The molecule has 0 bridgehead atoms. The van der Waals surface area contributed by atoms with Gasteiger partial charge < -0.3 is 18.3 Å². The zero-order valence-electron chi connectivity index (χ0n) is 19.4. The molecule has 0 aromatic carbocycles. The van der Waals surface area contributed by atoms with Crippen LogP contribution in [0.3, 0.4) is 0 Å². The van der Waals surface area contributed by atoms with E-state index in [1.165, 1.54) is 0 Å². The standard InChI is InChI=1S/C21H42O4Si2/c1-13-16(24-26(9,10)20(2,3)4)19(17-14-15-18(22-8)23-17)25-27(11,12)21(5,6)7/h13-19H,1H2,2-12H3/t16-,17-,18?,19-/m1/s1. The summed E-state index contributed by atoms with van der Waals surface area (Å²) in [6.45, 7) is 26.6. The smallest absolute Gasteiger partial charge is 0.193 e. The van der Waals surface area contributed by atoms with Crippen molar-refractivity contribution < 1.29 is 18.3 Å².